The van der Waals surface area contributed by atoms with Gasteiger partial charge in [0.2, 0.25) is 34.9 Å². The van der Waals surface area contributed by atoms with E-state index in [1.165, 1.54) is 48.5 Å². The Morgan fingerprint density at radius 2 is 1.49 bits per heavy atom. The predicted octanol–water partition coefficient (Wildman–Crippen LogP) is 5.51. The average molecular weight is 494 g/mol. The number of allylic oxidation sites excluding steroid dienone is 1. The highest BCUT2D eigenvalue weighted by Gasteiger charge is 2.31. The first-order chi connectivity index (χ1) is 16.6. The third-order valence-electron chi connectivity index (χ3n) is 4.82. The minimum atomic E-state index is -2.37. The van der Waals surface area contributed by atoms with Gasteiger partial charge in [-0.2, -0.15) is 8.78 Å². The van der Waals surface area contributed by atoms with Crippen LogP contribution in [0.3, 0.4) is 0 Å². The molecule has 1 atom stereocenters. The van der Waals surface area contributed by atoms with Crippen molar-refractivity contribution in [3.63, 3.8) is 0 Å². The van der Waals surface area contributed by atoms with Gasteiger partial charge in [-0.15, -0.1) is 0 Å². The first-order valence-electron chi connectivity index (χ1n) is 9.80. The highest BCUT2D eigenvalue weighted by Crippen LogP contribution is 2.35. The molecule has 0 aliphatic carbocycles. The van der Waals surface area contributed by atoms with Crippen LogP contribution in [0.15, 0.2) is 48.2 Å². The van der Waals surface area contributed by atoms with E-state index >= 15 is 0 Å². The third-order valence-corrected chi connectivity index (χ3v) is 4.82. The fraction of sp³-hybridized carbons (Fsp3) is 0.0833. The van der Waals surface area contributed by atoms with Crippen LogP contribution in [0.25, 0.3) is 6.08 Å². The molecule has 1 aliphatic rings. The second-order valence-corrected chi connectivity index (χ2v) is 7.23. The van der Waals surface area contributed by atoms with E-state index in [0.717, 1.165) is 6.92 Å². The van der Waals surface area contributed by atoms with Crippen molar-refractivity contribution in [2.75, 3.05) is 0 Å². The monoisotopic (exact) mass is 494 g/mol. The summed E-state index contributed by atoms with van der Waals surface area (Å²) in [5.41, 5.74) is 0.636. The number of esters is 1. The molecule has 11 heteroatoms. The van der Waals surface area contributed by atoms with E-state index in [4.69, 9.17) is 9.47 Å². The van der Waals surface area contributed by atoms with Gasteiger partial charge in [-0.1, -0.05) is 12.1 Å². The van der Waals surface area contributed by atoms with Crippen LogP contribution in [0.2, 0.25) is 0 Å². The maximum atomic E-state index is 13.8. The van der Waals surface area contributed by atoms with Crippen molar-refractivity contribution < 1.29 is 50.1 Å². The maximum Gasteiger partial charge on any atom is 0.352 e. The number of ketones is 1. The van der Waals surface area contributed by atoms with Crippen molar-refractivity contribution in [3.8, 4) is 17.2 Å². The minimum absolute atomic E-state index is 0.0296. The minimum Gasteiger partial charge on any atom is -0.473 e. The van der Waals surface area contributed by atoms with Crippen molar-refractivity contribution in [1.82, 2.24) is 0 Å². The zero-order chi connectivity index (χ0) is 25.4. The van der Waals surface area contributed by atoms with Crippen LogP contribution in [-0.2, 0) is 4.79 Å². The van der Waals surface area contributed by atoms with Gasteiger partial charge in [0.15, 0.2) is 17.6 Å². The lowest BCUT2D eigenvalue weighted by atomic mass is 10.1. The van der Waals surface area contributed by atoms with Crippen LogP contribution >= 0.6 is 0 Å². The summed E-state index contributed by atoms with van der Waals surface area (Å²) < 4.78 is 95.6. The Morgan fingerprint density at radius 3 is 2.11 bits per heavy atom. The molecule has 0 bridgehead atoms. The normalized spacial score (nSPS) is 14.5. The standard InChI is InChI=1S/C24H12F6O5/c1-10(33-23-20(29)18(27)17(26)19(28)21(23)30)24(32)34-13-6-7-14-15(9-13)35-16(22(14)31)8-11-2-4-12(25)5-3-11/h2-10H,1H3/b16-8-. The molecular weight excluding hydrogens is 482 g/mol. The number of fused-ring (bicyclic) bond motifs is 1. The maximum absolute atomic E-state index is 13.8. The Bertz CT molecular complexity index is 1360. The quantitative estimate of drug-likeness (QED) is 0.117. The van der Waals surface area contributed by atoms with Gasteiger partial charge in [0.25, 0.3) is 0 Å². The van der Waals surface area contributed by atoms with Gasteiger partial charge in [-0.05, 0) is 42.8 Å². The Balaban J connectivity index is 1.49. The summed E-state index contributed by atoms with van der Waals surface area (Å²) in [7, 11) is 0. The van der Waals surface area contributed by atoms with E-state index in [0.29, 0.717) is 5.56 Å². The zero-order valence-electron chi connectivity index (χ0n) is 17.5. The lowest BCUT2D eigenvalue weighted by molar-refractivity contribution is -0.141. The molecule has 0 saturated carbocycles. The molecule has 3 aromatic rings. The lowest BCUT2D eigenvalue weighted by Crippen LogP contribution is -2.29. The molecule has 4 rings (SSSR count). The summed E-state index contributed by atoms with van der Waals surface area (Å²) >= 11 is 0. The second kappa shape index (κ2) is 9.16. The number of carbonyl (C=O) groups is 2. The molecule has 1 aliphatic heterocycles. The van der Waals surface area contributed by atoms with Crippen LogP contribution in [0, 0.1) is 34.9 Å². The molecule has 3 aromatic carbocycles. The van der Waals surface area contributed by atoms with Crippen molar-refractivity contribution >= 4 is 17.8 Å². The molecule has 35 heavy (non-hydrogen) atoms. The van der Waals surface area contributed by atoms with E-state index in [1.807, 2.05) is 0 Å². The van der Waals surface area contributed by atoms with Gasteiger partial charge in [0.1, 0.15) is 17.3 Å². The summed E-state index contributed by atoms with van der Waals surface area (Å²) in [6.07, 6.45) is -0.402. The van der Waals surface area contributed by atoms with Crippen molar-refractivity contribution in [1.29, 1.82) is 0 Å². The fourth-order valence-corrected chi connectivity index (χ4v) is 3.05. The Morgan fingerprint density at radius 1 is 0.886 bits per heavy atom. The Hall–Kier alpha value is -4.28. The molecule has 0 radical (unpaired) electrons. The molecule has 1 heterocycles. The lowest BCUT2D eigenvalue weighted by Gasteiger charge is -2.15. The molecule has 0 fully saturated rings. The van der Waals surface area contributed by atoms with Crippen LogP contribution in [-0.4, -0.2) is 17.9 Å². The summed E-state index contributed by atoms with van der Waals surface area (Å²) in [6, 6.07) is 8.97. The molecule has 180 valence electrons. The molecule has 0 aromatic heterocycles. The van der Waals surface area contributed by atoms with Crippen molar-refractivity contribution in [3.05, 3.63) is 94.3 Å². The Kier molecular flexibility index (Phi) is 6.25. The molecule has 0 saturated heterocycles. The topological polar surface area (TPSA) is 61.8 Å². The van der Waals surface area contributed by atoms with E-state index in [1.54, 1.807) is 0 Å². The van der Waals surface area contributed by atoms with Gasteiger partial charge < -0.3 is 14.2 Å². The summed E-state index contributed by atoms with van der Waals surface area (Å²) in [5, 5.41) is 0. The second-order valence-electron chi connectivity index (χ2n) is 7.23. The fourth-order valence-electron chi connectivity index (χ4n) is 3.05. The van der Waals surface area contributed by atoms with Crippen LogP contribution < -0.4 is 14.2 Å². The van der Waals surface area contributed by atoms with Gasteiger partial charge >= 0.3 is 5.97 Å². The highest BCUT2D eigenvalue weighted by atomic mass is 19.2. The largest absolute Gasteiger partial charge is 0.473 e. The van der Waals surface area contributed by atoms with Gasteiger partial charge in [0.05, 0.1) is 5.56 Å². The van der Waals surface area contributed by atoms with E-state index in [9.17, 15) is 35.9 Å². The van der Waals surface area contributed by atoms with Crippen molar-refractivity contribution in [2.45, 2.75) is 13.0 Å². The summed E-state index contributed by atoms with van der Waals surface area (Å²) in [4.78, 5) is 24.8. The predicted molar refractivity (Wildman–Crippen MR) is 108 cm³/mol. The number of hydrogen-bond donors (Lipinski definition) is 0. The SMILES string of the molecule is CC(Oc1c(F)c(F)c(F)c(F)c1F)C(=O)Oc1ccc2c(c1)O/C(=C\c1ccc(F)cc1)C2=O. The van der Waals surface area contributed by atoms with Crippen molar-refractivity contribution in [2.24, 2.45) is 0 Å². The molecule has 5 nitrogen and oxygen atoms in total. The number of ether oxygens (including phenoxy) is 3. The number of hydrogen-bond acceptors (Lipinski definition) is 5. The van der Waals surface area contributed by atoms with E-state index < -0.39 is 58.5 Å². The van der Waals surface area contributed by atoms with Gasteiger partial charge in [-0.3, -0.25) is 4.79 Å². The number of Topliss-reactive ketones (excluding diaryl/α,β-unsaturated/α-hetero) is 1. The molecule has 1 unspecified atom stereocenters. The highest BCUT2D eigenvalue weighted by molar-refractivity contribution is 6.14. The molecular formula is C24H12F6O5. The smallest absolute Gasteiger partial charge is 0.352 e. The van der Waals surface area contributed by atoms with Crippen LogP contribution in [0.5, 0.6) is 17.2 Å². The average Bonchev–Trinajstić information content (AvgIpc) is 3.14. The molecule has 0 spiro atoms. The number of benzene rings is 3. The van der Waals surface area contributed by atoms with Gasteiger partial charge in [-0.25, -0.2) is 22.4 Å². The first-order valence-corrected chi connectivity index (χ1v) is 9.80. The molecule has 0 N–H and O–H groups in total. The van der Waals surface area contributed by atoms with Crippen LogP contribution in [0.1, 0.15) is 22.8 Å². The summed E-state index contributed by atoms with van der Waals surface area (Å²) in [5.74, 6) is -15.3. The van der Waals surface area contributed by atoms with Crippen LogP contribution in [0.4, 0.5) is 26.3 Å². The Labute approximate surface area is 193 Å². The van der Waals surface area contributed by atoms with Gasteiger partial charge in [0, 0.05) is 6.07 Å². The first kappa shape index (κ1) is 23.9. The third kappa shape index (κ3) is 4.57. The molecule has 0 amide bonds. The number of carbonyl (C=O) groups excluding carboxylic acids is 2. The number of rotatable bonds is 5. The number of halogens is 6. The van der Waals surface area contributed by atoms with E-state index in [-0.39, 0.29) is 22.8 Å². The zero-order valence-corrected chi connectivity index (χ0v) is 17.5. The summed E-state index contributed by atoms with van der Waals surface area (Å²) in [6.45, 7) is 0.970. The van der Waals surface area contributed by atoms with E-state index in [2.05, 4.69) is 4.74 Å².